The van der Waals surface area contributed by atoms with Gasteiger partial charge < -0.3 is 23.7 Å². The van der Waals surface area contributed by atoms with Crippen LogP contribution in [0, 0.1) is 0 Å². The number of amides is 2. The minimum Gasteiger partial charge on any atom is -0.497 e. The summed E-state index contributed by atoms with van der Waals surface area (Å²) in [7, 11) is 1.63. The smallest absolute Gasteiger partial charge is 0.257 e. The van der Waals surface area contributed by atoms with E-state index in [9.17, 15) is 9.59 Å². The second-order valence-corrected chi connectivity index (χ2v) is 8.06. The lowest BCUT2D eigenvalue weighted by molar-refractivity contribution is -0.131. The van der Waals surface area contributed by atoms with Gasteiger partial charge in [0.15, 0.2) is 0 Å². The van der Waals surface area contributed by atoms with Crippen molar-refractivity contribution in [2.45, 2.75) is 19.1 Å². The van der Waals surface area contributed by atoms with Crippen LogP contribution in [0.15, 0.2) is 77.6 Å². The van der Waals surface area contributed by atoms with Crippen molar-refractivity contribution in [1.29, 1.82) is 0 Å². The SMILES string of the molecule is COc1cccc(COC2CN(CCc3ccccc3)C(=O)CN(C(=O)c3ccoc3)C2)c1. The van der Waals surface area contributed by atoms with Crippen molar-refractivity contribution in [1.82, 2.24) is 9.80 Å². The van der Waals surface area contributed by atoms with E-state index in [2.05, 4.69) is 0 Å². The number of carbonyl (C=O) groups excluding carboxylic acids is 2. The van der Waals surface area contributed by atoms with Gasteiger partial charge in [-0.3, -0.25) is 9.59 Å². The van der Waals surface area contributed by atoms with E-state index in [-0.39, 0.29) is 24.5 Å². The molecule has 0 bridgehead atoms. The molecule has 0 radical (unpaired) electrons. The van der Waals surface area contributed by atoms with Gasteiger partial charge in [0.05, 0.1) is 31.6 Å². The Morgan fingerprint density at radius 2 is 1.88 bits per heavy atom. The number of carbonyl (C=O) groups is 2. The summed E-state index contributed by atoms with van der Waals surface area (Å²) in [6.45, 7) is 1.68. The maximum Gasteiger partial charge on any atom is 0.257 e. The average Bonchev–Trinajstić information content (AvgIpc) is 3.34. The minimum atomic E-state index is -0.325. The van der Waals surface area contributed by atoms with Crippen LogP contribution in [0.4, 0.5) is 0 Å². The van der Waals surface area contributed by atoms with Crippen LogP contribution in [0.5, 0.6) is 5.75 Å². The Balaban J connectivity index is 1.48. The van der Waals surface area contributed by atoms with Gasteiger partial charge in [0.2, 0.25) is 5.91 Å². The lowest BCUT2D eigenvalue weighted by atomic mass is 10.1. The Labute approximate surface area is 193 Å². The molecular formula is C26H28N2O5. The Bertz CT molecular complexity index is 1050. The summed E-state index contributed by atoms with van der Waals surface area (Å²) < 4.78 is 16.6. The van der Waals surface area contributed by atoms with E-state index in [1.54, 1.807) is 23.0 Å². The predicted octanol–water partition coefficient (Wildman–Crippen LogP) is 3.40. The largest absolute Gasteiger partial charge is 0.497 e. The van der Waals surface area contributed by atoms with Crippen LogP contribution in [0.2, 0.25) is 0 Å². The highest BCUT2D eigenvalue weighted by Crippen LogP contribution is 2.17. The molecule has 3 aromatic rings. The van der Waals surface area contributed by atoms with Crippen molar-refractivity contribution >= 4 is 11.8 Å². The minimum absolute atomic E-state index is 0.0117. The first-order valence-corrected chi connectivity index (χ1v) is 11.0. The number of rotatable bonds is 8. The third-order valence-electron chi connectivity index (χ3n) is 5.72. The van der Waals surface area contributed by atoms with Crippen LogP contribution in [0.1, 0.15) is 21.5 Å². The fourth-order valence-corrected chi connectivity index (χ4v) is 3.91. The molecule has 1 aliphatic rings. The molecule has 0 N–H and O–H groups in total. The maximum atomic E-state index is 13.1. The Morgan fingerprint density at radius 1 is 1.06 bits per heavy atom. The lowest BCUT2D eigenvalue weighted by Crippen LogP contribution is -2.40. The third kappa shape index (κ3) is 6.02. The molecule has 1 fully saturated rings. The van der Waals surface area contributed by atoms with Gasteiger partial charge in [-0.1, -0.05) is 42.5 Å². The van der Waals surface area contributed by atoms with Crippen LogP contribution in [-0.2, 0) is 22.6 Å². The summed E-state index contributed by atoms with van der Waals surface area (Å²) in [6.07, 6.45) is 3.27. The number of hydrogen-bond acceptors (Lipinski definition) is 5. The highest BCUT2D eigenvalue weighted by molar-refractivity contribution is 5.96. The van der Waals surface area contributed by atoms with Crippen LogP contribution < -0.4 is 4.74 Å². The fourth-order valence-electron chi connectivity index (χ4n) is 3.91. The normalized spacial score (nSPS) is 16.5. The lowest BCUT2D eigenvalue weighted by Gasteiger charge is -2.25. The van der Waals surface area contributed by atoms with Crippen molar-refractivity contribution in [3.05, 3.63) is 89.9 Å². The summed E-state index contributed by atoms with van der Waals surface area (Å²) in [5.74, 6) is 0.431. The first kappa shape index (κ1) is 22.6. The fraction of sp³-hybridized carbons (Fsp3) is 0.308. The quantitative estimate of drug-likeness (QED) is 0.528. The van der Waals surface area contributed by atoms with Gasteiger partial charge in [0, 0.05) is 19.6 Å². The van der Waals surface area contributed by atoms with Gasteiger partial charge >= 0.3 is 0 Å². The zero-order valence-electron chi connectivity index (χ0n) is 18.7. The molecule has 33 heavy (non-hydrogen) atoms. The third-order valence-corrected chi connectivity index (χ3v) is 5.72. The number of nitrogens with zero attached hydrogens (tertiary/aromatic N) is 2. The monoisotopic (exact) mass is 448 g/mol. The molecule has 0 saturated carbocycles. The van der Waals surface area contributed by atoms with E-state index < -0.39 is 0 Å². The molecule has 1 saturated heterocycles. The molecule has 1 atom stereocenters. The molecule has 1 unspecified atom stereocenters. The van der Waals surface area contributed by atoms with Gasteiger partial charge in [-0.05, 0) is 35.7 Å². The van der Waals surface area contributed by atoms with Crippen LogP contribution in [0.3, 0.4) is 0 Å². The predicted molar refractivity (Wildman–Crippen MR) is 123 cm³/mol. The number of hydrogen-bond donors (Lipinski definition) is 0. The first-order valence-electron chi connectivity index (χ1n) is 11.0. The Morgan fingerprint density at radius 3 is 2.64 bits per heavy atom. The van der Waals surface area contributed by atoms with Gasteiger partial charge in [0.1, 0.15) is 18.6 Å². The number of ether oxygens (including phenoxy) is 2. The van der Waals surface area contributed by atoms with E-state index >= 15 is 0 Å². The molecule has 2 amide bonds. The van der Waals surface area contributed by atoms with Crippen LogP contribution >= 0.6 is 0 Å². The van der Waals surface area contributed by atoms with E-state index in [0.29, 0.717) is 31.8 Å². The molecule has 0 aliphatic carbocycles. The van der Waals surface area contributed by atoms with Crippen molar-refractivity contribution in [3.63, 3.8) is 0 Å². The molecule has 0 spiro atoms. The van der Waals surface area contributed by atoms with Gasteiger partial charge in [0.25, 0.3) is 5.91 Å². The topological polar surface area (TPSA) is 72.2 Å². The van der Waals surface area contributed by atoms with Crippen molar-refractivity contribution < 1.29 is 23.5 Å². The molecule has 2 heterocycles. The van der Waals surface area contributed by atoms with Gasteiger partial charge in [-0.2, -0.15) is 0 Å². The highest BCUT2D eigenvalue weighted by Gasteiger charge is 2.31. The number of furan rings is 1. The van der Waals surface area contributed by atoms with E-state index in [4.69, 9.17) is 13.9 Å². The molecular weight excluding hydrogens is 420 g/mol. The molecule has 7 heteroatoms. The molecule has 172 valence electrons. The van der Waals surface area contributed by atoms with Crippen molar-refractivity contribution in [2.75, 3.05) is 33.3 Å². The molecule has 1 aromatic heterocycles. The first-order chi connectivity index (χ1) is 16.1. The number of methoxy groups -OCH3 is 1. The summed E-state index contributed by atoms with van der Waals surface area (Å²) in [5, 5.41) is 0. The van der Waals surface area contributed by atoms with Crippen molar-refractivity contribution in [3.8, 4) is 5.75 Å². The zero-order chi connectivity index (χ0) is 23.0. The van der Waals surface area contributed by atoms with Gasteiger partial charge in [-0.15, -0.1) is 0 Å². The molecule has 2 aromatic carbocycles. The highest BCUT2D eigenvalue weighted by atomic mass is 16.5. The van der Waals surface area contributed by atoms with Crippen LogP contribution in [0.25, 0.3) is 0 Å². The molecule has 7 nitrogen and oxygen atoms in total. The summed E-state index contributed by atoms with van der Waals surface area (Å²) in [5.41, 5.74) is 2.55. The summed E-state index contributed by atoms with van der Waals surface area (Å²) in [6, 6.07) is 19.3. The van der Waals surface area contributed by atoms with E-state index in [1.165, 1.54) is 12.5 Å². The second-order valence-electron chi connectivity index (χ2n) is 8.06. The summed E-state index contributed by atoms with van der Waals surface area (Å²) in [4.78, 5) is 29.4. The van der Waals surface area contributed by atoms with E-state index in [1.807, 2.05) is 54.6 Å². The van der Waals surface area contributed by atoms with E-state index in [0.717, 1.165) is 23.3 Å². The van der Waals surface area contributed by atoms with Crippen LogP contribution in [-0.4, -0.2) is 61.0 Å². The molecule has 4 rings (SSSR count). The Hall–Kier alpha value is -3.58. The molecule has 1 aliphatic heterocycles. The van der Waals surface area contributed by atoms with Gasteiger partial charge in [-0.25, -0.2) is 0 Å². The van der Waals surface area contributed by atoms with Crippen molar-refractivity contribution in [2.24, 2.45) is 0 Å². The maximum absolute atomic E-state index is 13.1. The summed E-state index contributed by atoms with van der Waals surface area (Å²) >= 11 is 0. The standard InChI is InChI=1S/C26H28N2O5/c1-31-23-9-5-8-21(14-23)18-33-24-15-27(12-10-20-6-3-2-4-7-20)25(29)17-28(16-24)26(30)22-11-13-32-19-22/h2-9,11,13-14,19,24H,10,12,15-18H2,1H3. The average molecular weight is 449 g/mol. The Kier molecular flexibility index (Phi) is 7.42. The zero-order valence-corrected chi connectivity index (χ0v) is 18.7. The number of benzene rings is 2. The second kappa shape index (κ2) is 10.8.